The zero-order valence-electron chi connectivity index (χ0n) is 22.1. The molecule has 6 heteroatoms. The Kier molecular flexibility index (Phi) is 8.64. The molecule has 2 aromatic carbocycles. The van der Waals surface area contributed by atoms with Crippen LogP contribution in [0.1, 0.15) is 52.0 Å². The third kappa shape index (κ3) is 6.70. The number of hydrogen-bond acceptors (Lipinski definition) is 5. The fourth-order valence-electron chi connectivity index (χ4n) is 3.76. The van der Waals surface area contributed by atoms with Crippen molar-refractivity contribution >= 4 is 8.32 Å². The van der Waals surface area contributed by atoms with Crippen molar-refractivity contribution < 1.29 is 23.4 Å². The molecule has 3 atom stereocenters. The molecular formula is C28H42O5Si. The average molecular weight is 487 g/mol. The highest BCUT2D eigenvalue weighted by molar-refractivity contribution is 6.74. The Morgan fingerprint density at radius 2 is 1.68 bits per heavy atom. The minimum atomic E-state index is -1.96. The molecular weight excluding hydrogens is 444 g/mol. The molecule has 0 N–H and O–H groups in total. The van der Waals surface area contributed by atoms with Crippen LogP contribution in [0.3, 0.4) is 0 Å². The lowest BCUT2D eigenvalue weighted by molar-refractivity contribution is -0.291. The predicted octanol–water partition coefficient (Wildman–Crippen LogP) is 6.74. The summed E-state index contributed by atoms with van der Waals surface area (Å²) < 4.78 is 31.2. The van der Waals surface area contributed by atoms with Gasteiger partial charge in [0.05, 0.1) is 33.0 Å². The summed E-state index contributed by atoms with van der Waals surface area (Å²) in [7, 11) is -0.293. The summed E-state index contributed by atoms with van der Waals surface area (Å²) in [4.78, 5) is 0. The van der Waals surface area contributed by atoms with Gasteiger partial charge in [0.25, 0.3) is 0 Å². The molecule has 34 heavy (non-hydrogen) atoms. The highest BCUT2D eigenvalue weighted by Gasteiger charge is 2.45. The maximum Gasteiger partial charge on any atom is 0.192 e. The lowest BCUT2D eigenvalue weighted by Crippen LogP contribution is -2.53. The minimum absolute atomic E-state index is 0.120. The summed E-state index contributed by atoms with van der Waals surface area (Å²) in [5.74, 6) is 0.809. The van der Waals surface area contributed by atoms with Gasteiger partial charge in [-0.05, 0) is 35.8 Å². The highest BCUT2D eigenvalue weighted by Crippen LogP contribution is 2.41. The minimum Gasteiger partial charge on any atom is -0.497 e. The molecule has 0 bridgehead atoms. The van der Waals surface area contributed by atoms with Gasteiger partial charge in [-0.1, -0.05) is 77.1 Å². The van der Waals surface area contributed by atoms with Crippen molar-refractivity contribution in [2.24, 2.45) is 5.41 Å². The lowest BCUT2D eigenvalue weighted by Gasteiger charge is -2.46. The van der Waals surface area contributed by atoms with Gasteiger partial charge in [-0.2, -0.15) is 0 Å². The Balaban J connectivity index is 1.82. The van der Waals surface area contributed by atoms with E-state index in [0.29, 0.717) is 19.8 Å². The zero-order valence-corrected chi connectivity index (χ0v) is 23.1. The molecule has 0 amide bonds. The Bertz CT molecular complexity index is 889. The molecule has 2 aromatic rings. The van der Waals surface area contributed by atoms with Crippen LogP contribution in [0.2, 0.25) is 18.1 Å². The third-order valence-electron chi connectivity index (χ3n) is 7.09. The second kappa shape index (κ2) is 10.9. The van der Waals surface area contributed by atoms with Gasteiger partial charge in [-0.3, -0.25) is 0 Å². The third-order valence-corrected chi connectivity index (χ3v) is 11.6. The lowest BCUT2D eigenvalue weighted by atomic mass is 9.83. The molecule has 1 saturated heterocycles. The van der Waals surface area contributed by atoms with Crippen LogP contribution >= 0.6 is 0 Å². The Labute approximate surface area is 206 Å². The van der Waals surface area contributed by atoms with E-state index in [1.165, 1.54) is 0 Å². The van der Waals surface area contributed by atoms with E-state index in [9.17, 15) is 0 Å². The molecule has 1 aliphatic heterocycles. The van der Waals surface area contributed by atoms with Gasteiger partial charge in [0.15, 0.2) is 14.6 Å². The highest BCUT2D eigenvalue weighted by atomic mass is 28.4. The predicted molar refractivity (Wildman–Crippen MR) is 139 cm³/mol. The van der Waals surface area contributed by atoms with Gasteiger partial charge in [-0.25, -0.2) is 0 Å². The molecule has 1 heterocycles. The van der Waals surface area contributed by atoms with Crippen LogP contribution in [0.4, 0.5) is 0 Å². The maximum atomic E-state index is 6.64. The summed E-state index contributed by atoms with van der Waals surface area (Å²) in [5, 5.41) is 0.120. The summed E-state index contributed by atoms with van der Waals surface area (Å²) in [6.45, 7) is 17.2. The van der Waals surface area contributed by atoms with E-state index >= 15 is 0 Å². The largest absolute Gasteiger partial charge is 0.497 e. The van der Waals surface area contributed by atoms with E-state index in [2.05, 4.69) is 59.8 Å². The van der Waals surface area contributed by atoms with Gasteiger partial charge in [-0.15, -0.1) is 0 Å². The van der Waals surface area contributed by atoms with Gasteiger partial charge < -0.3 is 23.4 Å². The fourth-order valence-corrected chi connectivity index (χ4v) is 4.78. The van der Waals surface area contributed by atoms with Crippen molar-refractivity contribution in [3.8, 4) is 5.75 Å². The van der Waals surface area contributed by atoms with Crippen molar-refractivity contribution in [3.05, 3.63) is 65.7 Å². The fraction of sp³-hybridized carbons (Fsp3) is 0.571. The Morgan fingerprint density at radius 1 is 1.03 bits per heavy atom. The molecule has 5 nitrogen and oxygen atoms in total. The topological polar surface area (TPSA) is 46.2 Å². The van der Waals surface area contributed by atoms with Gasteiger partial charge in [0.1, 0.15) is 11.9 Å². The molecule has 0 saturated carbocycles. The average Bonchev–Trinajstić information content (AvgIpc) is 2.79. The number of rotatable bonds is 9. The van der Waals surface area contributed by atoms with Gasteiger partial charge in [0, 0.05) is 11.0 Å². The SMILES string of the molecule is COc1ccc([C@@H]2OCC(C)(C)[C@H]([C@@H](CO[Si](C)(C)C(C)(C)C)OCc3ccccc3)O2)cc1. The van der Waals surface area contributed by atoms with E-state index in [1.807, 2.05) is 42.5 Å². The van der Waals surface area contributed by atoms with E-state index in [-0.39, 0.29) is 22.7 Å². The smallest absolute Gasteiger partial charge is 0.192 e. The number of hydrogen-bond donors (Lipinski definition) is 0. The first kappa shape index (κ1) is 26.9. The normalized spacial score (nSPS) is 21.8. The molecule has 3 rings (SSSR count). The van der Waals surface area contributed by atoms with Crippen LogP contribution in [0, 0.1) is 5.41 Å². The van der Waals surface area contributed by atoms with Crippen LogP contribution in [0.5, 0.6) is 5.75 Å². The first-order valence-electron chi connectivity index (χ1n) is 12.1. The Hall–Kier alpha value is -1.70. The van der Waals surface area contributed by atoms with Crippen LogP contribution < -0.4 is 4.74 Å². The Morgan fingerprint density at radius 3 is 2.26 bits per heavy atom. The molecule has 1 aliphatic rings. The second-order valence-corrected chi connectivity index (χ2v) is 16.2. The molecule has 0 unspecified atom stereocenters. The summed E-state index contributed by atoms with van der Waals surface area (Å²) in [5.41, 5.74) is 1.87. The van der Waals surface area contributed by atoms with E-state index in [1.54, 1.807) is 7.11 Å². The molecule has 0 radical (unpaired) electrons. The number of benzene rings is 2. The van der Waals surface area contributed by atoms with Crippen molar-refractivity contribution in [3.63, 3.8) is 0 Å². The van der Waals surface area contributed by atoms with Crippen LogP contribution in [0.25, 0.3) is 0 Å². The van der Waals surface area contributed by atoms with E-state index < -0.39 is 14.6 Å². The monoisotopic (exact) mass is 486 g/mol. The quantitative estimate of drug-likeness (QED) is 0.367. The van der Waals surface area contributed by atoms with Crippen molar-refractivity contribution in [1.82, 2.24) is 0 Å². The molecule has 0 aliphatic carbocycles. The van der Waals surface area contributed by atoms with Crippen molar-refractivity contribution in [2.45, 2.75) is 77.9 Å². The zero-order chi connectivity index (χ0) is 25.0. The molecule has 0 aromatic heterocycles. The van der Waals surface area contributed by atoms with E-state index in [4.69, 9.17) is 23.4 Å². The van der Waals surface area contributed by atoms with Crippen molar-refractivity contribution in [2.75, 3.05) is 20.3 Å². The summed E-state index contributed by atoms with van der Waals surface area (Å²) in [6, 6.07) is 18.1. The molecule has 1 fully saturated rings. The molecule has 0 spiro atoms. The van der Waals surface area contributed by atoms with Crippen LogP contribution in [-0.2, 0) is 25.2 Å². The summed E-state index contributed by atoms with van der Waals surface area (Å²) >= 11 is 0. The number of ether oxygens (including phenoxy) is 4. The second-order valence-electron chi connectivity index (χ2n) is 11.4. The van der Waals surface area contributed by atoms with Crippen LogP contribution in [0.15, 0.2) is 54.6 Å². The first-order valence-corrected chi connectivity index (χ1v) is 15.0. The summed E-state index contributed by atoms with van der Waals surface area (Å²) in [6.07, 6.45) is -0.879. The van der Waals surface area contributed by atoms with E-state index in [0.717, 1.165) is 16.9 Å². The maximum absolute atomic E-state index is 6.64. The number of methoxy groups -OCH3 is 1. The first-order chi connectivity index (χ1) is 15.9. The van der Waals surface area contributed by atoms with Crippen LogP contribution in [-0.4, -0.2) is 40.8 Å². The standard InChI is InChI=1S/C28H42O5Si/c1-27(2,3)34(7,8)32-19-24(30-18-21-12-10-9-11-13-21)25-28(4,5)20-31-26(33-25)22-14-16-23(29-6)17-15-22/h9-17,24-26H,18-20H2,1-8H3/t24-,25+,26-/m1/s1. The van der Waals surface area contributed by atoms with Crippen molar-refractivity contribution in [1.29, 1.82) is 0 Å². The van der Waals surface area contributed by atoms with Gasteiger partial charge >= 0.3 is 0 Å². The molecule has 188 valence electrons. The van der Waals surface area contributed by atoms with Gasteiger partial charge in [0.2, 0.25) is 0 Å².